The van der Waals surface area contributed by atoms with Crippen LogP contribution in [-0.4, -0.2) is 27.7 Å². The third-order valence-electron chi connectivity index (χ3n) is 3.12. The van der Waals surface area contributed by atoms with Gasteiger partial charge in [0.1, 0.15) is 5.54 Å². The smallest absolute Gasteiger partial charge is 0.243 e. The van der Waals surface area contributed by atoms with Crippen molar-refractivity contribution < 1.29 is 4.79 Å². The second-order valence-electron chi connectivity index (χ2n) is 5.12. The number of nitrogens with one attached hydrogen (secondary N) is 2. The van der Waals surface area contributed by atoms with Gasteiger partial charge in [0.2, 0.25) is 5.91 Å². The first-order valence-electron chi connectivity index (χ1n) is 6.80. The number of aromatic nitrogens is 2. The third kappa shape index (κ3) is 3.65. The number of carbonyl (C=O) groups is 1. The molecule has 1 aromatic carbocycles. The van der Waals surface area contributed by atoms with E-state index in [1.165, 1.54) is 11.8 Å². The molecular formula is C15H20N4OS. The second-order valence-corrected chi connectivity index (χ2v) is 6.08. The van der Waals surface area contributed by atoms with Crippen molar-refractivity contribution in [3.05, 3.63) is 48.3 Å². The first-order chi connectivity index (χ1) is 10.0. The molecule has 0 spiro atoms. The van der Waals surface area contributed by atoms with Gasteiger partial charge in [-0.15, -0.1) is 0 Å². The lowest BCUT2D eigenvalue weighted by molar-refractivity contribution is -0.124. The van der Waals surface area contributed by atoms with Gasteiger partial charge in [-0.2, -0.15) is 0 Å². The predicted molar refractivity (Wildman–Crippen MR) is 84.9 cm³/mol. The van der Waals surface area contributed by atoms with E-state index in [1.807, 2.05) is 44.2 Å². The maximum Gasteiger partial charge on any atom is 0.243 e. The minimum atomic E-state index is -0.924. The Labute approximate surface area is 128 Å². The van der Waals surface area contributed by atoms with Gasteiger partial charge in [0.05, 0.1) is 0 Å². The molecule has 0 bridgehead atoms. The summed E-state index contributed by atoms with van der Waals surface area (Å²) in [7, 11) is 0. The quantitative estimate of drug-likeness (QED) is 0.682. The highest BCUT2D eigenvalue weighted by Crippen LogP contribution is 2.29. The Bertz CT molecular complexity index is 571. The number of rotatable bonds is 7. The molecule has 2 aromatic rings. The summed E-state index contributed by atoms with van der Waals surface area (Å²) in [5, 5.41) is 4.10. The number of carbonyl (C=O) groups excluding carboxylic acids is 1. The normalized spacial score (nSPS) is 14.0. The van der Waals surface area contributed by atoms with Crippen LogP contribution < -0.4 is 11.1 Å². The topological polar surface area (TPSA) is 83.8 Å². The number of amides is 1. The summed E-state index contributed by atoms with van der Waals surface area (Å²) < 4.78 is 0. The molecule has 5 nitrogen and oxygen atoms in total. The summed E-state index contributed by atoms with van der Waals surface area (Å²) in [5.41, 5.74) is 5.69. The largest absolute Gasteiger partial charge is 0.368 e. The summed E-state index contributed by atoms with van der Waals surface area (Å²) in [6, 6.07) is 9.70. The summed E-state index contributed by atoms with van der Waals surface area (Å²) in [4.78, 5) is 19.4. The Kier molecular flexibility index (Phi) is 5.03. The predicted octanol–water partition coefficient (Wildman–Crippen LogP) is 1.88. The Hall–Kier alpha value is -1.79. The molecular weight excluding hydrogens is 284 g/mol. The molecule has 0 saturated heterocycles. The average Bonchev–Trinajstić information content (AvgIpc) is 2.97. The van der Waals surface area contributed by atoms with Gasteiger partial charge in [0.15, 0.2) is 5.16 Å². The van der Waals surface area contributed by atoms with Crippen molar-refractivity contribution in [2.24, 2.45) is 5.73 Å². The number of thioether (sulfide) groups is 1. The van der Waals surface area contributed by atoms with E-state index in [4.69, 9.17) is 5.73 Å². The Balaban J connectivity index is 2.33. The molecule has 1 heterocycles. The van der Waals surface area contributed by atoms with E-state index >= 15 is 0 Å². The maximum atomic E-state index is 12.2. The lowest BCUT2D eigenvalue weighted by Crippen LogP contribution is -2.56. The molecule has 112 valence electrons. The van der Waals surface area contributed by atoms with Crippen LogP contribution >= 0.6 is 11.8 Å². The fourth-order valence-electron chi connectivity index (χ4n) is 2.21. The molecule has 1 atom stereocenters. The fourth-order valence-corrected chi connectivity index (χ4v) is 3.25. The fraction of sp³-hybridized carbons (Fsp3) is 0.333. The van der Waals surface area contributed by atoms with Crippen LogP contribution in [0.2, 0.25) is 0 Å². The first kappa shape index (κ1) is 15.6. The van der Waals surface area contributed by atoms with Gasteiger partial charge in [-0.3, -0.25) is 10.1 Å². The van der Waals surface area contributed by atoms with Crippen LogP contribution in [0.1, 0.15) is 19.4 Å². The highest BCUT2D eigenvalue weighted by molar-refractivity contribution is 7.99. The SMILES string of the molecule is CC(C)NC(CSc1ncc[nH]1)(C(N)=O)c1ccccc1. The van der Waals surface area contributed by atoms with E-state index in [-0.39, 0.29) is 11.9 Å². The molecule has 0 saturated carbocycles. The van der Waals surface area contributed by atoms with Crippen LogP contribution in [0, 0.1) is 0 Å². The number of H-pyrrole nitrogens is 1. The monoisotopic (exact) mass is 304 g/mol. The molecule has 2 rings (SSSR count). The standard InChI is InChI=1S/C15H20N4OS/c1-11(2)19-15(13(16)20,12-6-4-3-5-7-12)10-21-14-17-8-9-18-14/h3-9,11,19H,10H2,1-2H3,(H2,16,20)(H,17,18). The van der Waals surface area contributed by atoms with Gasteiger partial charge in [0, 0.05) is 24.2 Å². The van der Waals surface area contributed by atoms with Crippen LogP contribution in [-0.2, 0) is 10.3 Å². The van der Waals surface area contributed by atoms with Gasteiger partial charge in [-0.05, 0) is 19.4 Å². The highest BCUT2D eigenvalue weighted by Gasteiger charge is 2.39. The number of hydrogen-bond donors (Lipinski definition) is 3. The number of aromatic amines is 1. The van der Waals surface area contributed by atoms with E-state index in [9.17, 15) is 4.79 Å². The van der Waals surface area contributed by atoms with Crippen molar-refractivity contribution >= 4 is 17.7 Å². The van der Waals surface area contributed by atoms with Crippen molar-refractivity contribution in [1.29, 1.82) is 0 Å². The molecule has 0 aliphatic rings. The maximum absolute atomic E-state index is 12.2. The van der Waals surface area contributed by atoms with E-state index in [0.29, 0.717) is 5.75 Å². The molecule has 1 amide bonds. The summed E-state index contributed by atoms with van der Waals surface area (Å²) in [5.74, 6) is 0.0827. The van der Waals surface area contributed by atoms with Gasteiger partial charge in [-0.1, -0.05) is 42.1 Å². The van der Waals surface area contributed by atoms with Gasteiger partial charge in [-0.25, -0.2) is 4.98 Å². The van der Waals surface area contributed by atoms with Gasteiger partial charge in [0.25, 0.3) is 0 Å². The van der Waals surface area contributed by atoms with Crippen molar-refractivity contribution in [1.82, 2.24) is 15.3 Å². The Morgan fingerprint density at radius 2 is 2.14 bits per heavy atom. The van der Waals surface area contributed by atoms with Crippen LogP contribution in [0.5, 0.6) is 0 Å². The molecule has 1 unspecified atom stereocenters. The average molecular weight is 304 g/mol. The molecule has 0 aliphatic carbocycles. The zero-order chi connectivity index (χ0) is 15.3. The molecule has 1 aromatic heterocycles. The van der Waals surface area contributed by atoms with Crippen LogP contribution in [0.15, 0.2) is 47.9 Å². The Morgan fingerprint density at radius 3 is 2.67 bits per heavy atom. The minimum Gasteiger partial charge on any atom is -0.368 e. The molecule has 4 N–H and O–H groups in total. The molecule has 6 heteroatoms. The molecule has 0 radical (unpaired) electrons. The van der Waals surface area contributed by atoms with Crippen molar-refractivity contribution in [2.75, 3.05) is 5.75 Å². The number of benzene rings is 1. The lowest BCUT2D eigenvalue weighted by atomic mass is 9.90. The van der Waals surface area contributed by atoms with Crippen LogP contribution in [0.3, 0.4) is 0 Å². The zero-order valence-electron chi connectivity index (χ0n) is 12.2. The summed E-state index contributed by atoms with van der Waals surface area (Å²) in [6.45, 7) is 4.00. The van der Waals surface area contributed by atoms with Gasteiger partial charge >= 0.3 is 0 Å². The number of nitrogens with zero attached hydrogens (tertiary/aromatic N) is 1. The van der Waals surface area contributed by atoms with Crippen molar-refractivity contribution in [2.45, 2.75) is 30.6 Å². The number of nitrogens with two attached hydrogens (primary N) is 1. The third-order valence-corrected chi connectivity index (χ3v) is 4.19. The summed E-state index contributed by atoms with van der Waals surface area (Å²) >= 11 is 1.47. The second kappa shape index (κ2) is 6.78. The molecule has 0 fully saturated rings. The van der Waals surface area contributed by atoms with E-state index in [1.54, 1.807) is 12.4 Å². The molecule has 0 aliphatic heterocycles. The lowest BCUT2D eigenvalue weighted by Gasteiger charge is -2.33. The van der Waals surface area contributed by atoms with E-state index in [0.717, 1.165) is 10.7 Å². The van der Waals surface area contributed by atoms with Gasteiger partial charge < -0.3 is 10.7 Å². The van der Waals surface area contributed by atoms with E-state index < -0.39 is 5.54 Å². The zero-order valence-corrected chi connectivity index (χ0v) is 13.0. The van der Waals surface area contributed by atoms with Crippen LogP contribution in [0.4, 0.5) is 0 Å². The van der Waals surface area contributed by atoms with Crippen LogP contribution in [0.25, 0.3) is 0 Å². The summed E-state index contributed by atoms with van der Waals surface area (Å²) in [6.07, 6.45) is 3.44. The van der Waals surface area contributed by atoms with E-state index in [2.05, 4.69) is 15.3 Å². The number of imidazole rings is 1. The first-order valence-corrected chi connectivity index (χ1v) is 7.78. The molecule has 21 heavy (non-hydrogen) atoms. The van der Waals surface area contributed by atoms with Crippen molar-refractivity contribution in [3.63, 3.8) is 0 Å². The number of hydrogen-bond acceptors (Lipinski definition) is 4. The Morgan fingerprint density at radius 1 is 1.43 bits per heavy atom. The number of primary amides is 1. The highest BCUT2D eigenvalue weighted by atomic mass is 32.2. The van der Waals surface area contributed by atoms with Crippen molar-refractivity contribution in [3.8, 4) is 0 Å². The minimum absolute atomic E-state index is 0.120.